The second-order valence-corrected chi connectivity index (χ2v) is 7.02. The summed E-state index contributed by atoms with van der Waals surface area (Å²) >= 11 is 11.3. The molecular formula is C20H17ClN4O3S. The Bertz CT molecular complexity index is 1260. The van der Waals surface area contributed by atoms with Crippen molar-refractivity contribution in [3.63, 3.8) is 0 Å². The smallest absolute Gasteiger partial charge is 0.262 e. The first-order valence-electron chi connectivity index (χ1n) is 8.56. The van der Waals surface area contributed by atoms with Gasteiger partial charge >= 0.3 is 0 Å². The highest BCUT2D eigenvalue weighted by Gasteiger charge is 2.11. The number of hydrogen-bond donors (Lipinski definition) is 3. The minimum absolute atomic E-state index is 0.246. The summed E-state index contributed by atoms with van der Waals surface area (Å²) in [4.78, 5) is 39.3. The number of carbonyl (C=O) groups is 2. The van der Waals surface area contributed by atoms with Crippen LogP contribution in [0.1, 0.15) is 17.3 Å². The number of anilines is 2. The molecule has 148 valence electrons. The van der Waals surface area contributed by atoms with Crippen molar-refractivity contribution in [3.8, 4) is 0 Å². The third-order valence-electron chi connectivity index (χ3n) is 4.09. The molecule has 2 amide bonds. The number of benzene rings is 2. The van der Waals surface area contributed by atoms with Gasteiger partial charge in [-0.05, 0) is 48.6 Å². The van der Waals surface area contributed by atoms with Crippen LogP contribution in [0.15, 0.2) is 53.8 Å². The summed E-state index contributed by atoms with van der Waals surface area (Å²) in [6.07, 6.45) is 1.58. The van der Waals surface area contributed by atoms with E-state index in [1.54, 1.807) is 36.4 Å². The van der Waals surface area contributed by atoms with Crippen molar-refractivity contribution in [3.05, 3.63) is 74.8 Å². The second-order valence-electron chi connectivity index (χ2n) is 6.22. The third-order valence-corrected chi connectivity index (χ3v) is 4.73. The van der Waals surface area contributed by atoms with E-state index < -0.39 is 0 Å². The van der Waals surface area contributed by atoms with Crippen molar-refractivity contribution in [2.75, 3.05) is 10.6 Å². The maximum atomic E-state index is 12.6. The van der Waals surface area contributed by atoms with E-state index >= 15 is 0 Å². The molecule has 0 unspecified atom stereocenters. The second kappa shape index (κ2) is 8.42. The average molecular weight is 429 g/mol. The molecule has 9 heteroatoms. The molecule has 1 heterocycles. The highest BCUT2D eigenvalue weighted by molar-refractivity contribution is 7.71. The number of aromatic amines is 1. The van der Waals surface area contributed by atoms with Crippen molar-refractivity contribution >= 4 is 57.9 Å². The van der Waals surface area contributed by atoms with Crippen molar-refractivity contribution in [2.24, 2.45) is 0 Å². The number of aromatic nitrogens is 2. The van der Waals surface area contributed by atoms with Crippen LogP contribution < -0.4 is 16.2 Å². The van der Waals surface area contributed by atoms with E-state index in [9.17, 15) is 14.4 Å². The fourth-order valence-electron chi connectivity index (χ4n) is 2.78. The van der Waals surface area contributed by atoms with E-state index in [0.29, 0.717) is 39.4 Å². The summed E-state index contributed by atoms with van der Waals surface area (Å²) in [6.45, 7) is 5.29. The van der Waals surface area contributed by atoms with E-state index in [0.717, 1.165) is 0 Å². The van der Waals surface area contributed by atoms with E-state index in [4.69, 9.17) is 23.8 Å². The number of amides is 2. The number of hydrogen-bond acceptors (Lipinski definition) is 4. The van der Waals surface area contributed by atoms with Crippen LogP contribution in [0.2, 0.25) is 5.02 Å². The maximum absolute atomic E-state index is 12.6. The molecule has 0 aliphatic carbocycles. The number of allylic oxidation sites excluding steroid dienone is 1. The summed E-state index contributed by atoms with van der Waals surface area (Å²) in [5.41, 5.74) is 1.46. The number of rotatable bonds is 5. The van der Waals surface area contributed by atoms with E-state index in [2.05, 4.69) is 22.2 Å². The minimum atomic E-state index is -0.384. The van der Waals surface area contributed by atoms with Gasteiger partial charge in [-0.3, -0.25) is 19.0 Å². The lowest BCUT2D eigenvalue weighted by Gasteiger charge is -2.10. The Morgan fingerprint density at radius 1 is 1.24 bits per heavy atom. The lowest BCUT2D eigenvalue weighted by molar-refractivity contribution is -0.114. The van der Waals surface area contributed by atoms with Gasteiger partial charge in [-0.15, -0.1) is 6.58 Å². The lowest BCUT2D eigenvalue weighted by atomic mass is 10.1. The zero-order valence-electron chi connectivity index (χ0n) is 15.4. The molecule has 0 atom stereocenters. The van der Waals surface area contributed by atoms with Gasteiger partial charge in [0.2, 0.25) is 5.91 Å². The van der Waals surface area contributed by atoms with Crippen molar-refractivity contribution in [2.45, 2.75) is 13.5 Å². The Morgan fingerprint density at radius 2 is 2.00 bits per heavy atom. The number of fused-ring (bicyclic) bond motifs is 1. The zero-order valence-corrected chi connectivity index (χ0v) is 17.0. The zero-order chi connectivity index (χ0) is 21.1. The summed E-state index contributed by atoms with van der Waals surface area (Å²) < 4.78 is 1.64. The number of halogens is 1. The number of nitrogens with one attached hydrogen (secondary N) is 3. The maximum Gasteiger partial charge on any atom is 0.262 e. The predicted molar refractivity (Wildman–Crippen MR) is 117 cm³/mol. The van der Waals surface area contributed by atoms with E-state index in [1.807, 2.05) is 0 Å². The van der Waals surface area contributed by atoms with Crippen LogP contribution in [0.5, 0.6) is 0 Å². The first-order chi connectivity index (χ1) is 13.8. The average Bonchev–Trinajstić information content (AvgIpc) is 2.66. The molecule has 0 radical (unpaired) electrons. The quantitative estimate of drug-likeness (QED) is 0.421. The molecule has 2 aromatic carbocycles. The van der Waals surface area contributed by atoms with Crippen LogP contribution in [0.4, 0.5) is 11.4 Å². The van der Waals surface area contributed by atoms with Crippen molar-refractivity contribution in [1.29, 1.82) is 0 Å². The van der Waals surface area contributed by atoms with Gasteiger partial charge in [-0.1, -0.05) is 17.7 Å². The molecule has 29 heavy (non-hydrogen) atoms. The molecule has 0 bridgehead atoms. The molecule has 0 aliphatic rings. The molecular weight excluding hydrogens is 412 g/mol. The van der Waals surface area contributed by atoms with Crippen molar-refractivity contribution < 1.29 is 9.59 Å². The molecule has 0 saturated carbocycles. The first-order valence-corrected chi connectivity index (χ1v) is 9.35. The summed E-state index contributed by atoms with van der Waals surface area (Å²) in [5.74, 6) is -0.630. The van der Waals surface area contributed by atoms with Crippen LogP contribution in [0, 0.1) is 4.77 Å². The molecule has 3 rings (SSSR count). The van der Waals surface area contributed by atoms with Gasteiger partial charge < -0.3 is 15.6 Å². The fourth-order valence-corrected chi connectivity index (χ4v) is 3.27. The third kappa shape index (κ3) is 4.44. The Balaban J connectivity index is 1.90. The predicted octanol–water partition coefficient (Wildman–Crippen LogP) is 4.11. The lowest BCUT2D eigenvalue weighted by Crippen LogP contribution is -2.22. The molecule has 0 aliphatic heterocycles. The minimum Gasteiger partial charge on any atom is -0.332 e. The number of nitrogens with zero attached hydrogens (tertiary/aromatic N) is 1. The van der Waals surface area contributed by atoms with Crippen molar-refractivity contribution in [1.82, 2.24) is 9.55 Å². The Labute approximate surface area is 176 Å². The van der Waals surface area contributed by atoms with Crippen LogP contribution in [0.3, 0.4) is 0 Å². The standard InChI is InChI=1S/C20H17ClN4O3S/c1-3-8-25-19(28)14-6-4-12(9-17(14)24-20(25)29)18(27)23-13-5-7-16(15(21)10-13)22-11(2)26/h3-7,9-10H,1,8H2,2H3,(H,22,26)(H,23,27)(H,24,29). The van der Waals surface area contributed by atoms with Gasteiger partial charge in [-0.2, -0.15) is 0 Å². The molecule has 0 fully saturated rings. The van der Waals surface area contributed by atoms with Crippen LogP contribution in [-0.2, 0) is 11.3 Å². The molecule has 3 aromatic rings. The summed E-state index contributed by atoms with van der Waals surface area (Å²) in [6, 6.07) is 9.45. The molecule has 0 spiro atoms. The van der Waals surface area contributed by atoms with Gasteiger partial charge in [0, 0.05) is 24.7 Å². The van der Waals surface area contributed by atoms with E-state index in [1.165, 1.54) is 17.6 Å². The molecule has 7 nitrogen and oxygen atoms in total. The Morgan fingerprint density at radius 3 is 2.66 bits per heavy atom. The van der Waals surface area contributed by atoms with Gasteiger partial charge in [0.1, 0.15) is 0 Å². The number of H-pyrrole nitrogens is 1. The van der Waals surface area contributed by atoms with Gasteiger partial charge in [-0.25, -0.2) is 0 Å². The molecule has 3 N–H and O–H groups in total. The Hall–Kier alpha value is -3.23. The van der Waals surface area contributed by atoms with Gasteiger partial charge in [0.25, 0.3) is 11.5 Å². The summed E-state index contributed by atoms with van der Waals surface area (Å²) in [7, 11) is 0. The topological polar surface area (TPSA) is 96.0 Å². The fraction of sp³-hybridized carbons (Fsp3) is 0.100. The van der Waals surface area contributed by atoms with E-state index in [-0.39, 0.29) is 22.1 Å². The van der Waals surface area contributed by atoms with Crippen LogP contribution in [0.25, 0.3) is 10.9 Å². The largest absolute Gasteiger partial charge is 0.332 e. The normalized spacial score (nSPS) is 10.6. The highest BCUT2D eigenvalue weighted by Crippen LogP contribution is 2.26. The highest BCUT2D eigenvalue weighted by atomic mass is 35.5. The SMILES string of the molecule is C=CCn1c(=S)[nH]c2cc(C(=O)Nc3ccc(NC(C)=O)c(Cl)c3)ccc2c1=O. The van der Waals surface area contributed by atoms with Crippen LogP contribution in [-0.4, -0.2) is 21.4 Å². The van der Waals surface area contributed by atoms with Gasteiger partial charge in [0.05, 0.1) is 21.6 Å². The molecule has 0 saturated heterocycles. The molecule has 1 aromatic heterocycles. The Kier molecular flexibility index (Phi) is 5.95. The first kappa shape index (κ1) is 20.5. The monoisotopic (exact) mass is 428 g/mol. The number of carbonyl (C=O) groups excluding carboxylic acids is 2. The van der Waals surface area contributed by atoms with Gasteiger partial charge in [0.15, 0.2) is 4.77 Å². The summed E-state index contributed by atoms with van der Waals surface area (Å²) in [5, 5.41) is 6.04. The van der Waals surface area contributed by atoms with Crippen LogP contribution >= 0.6 is 23.8 Å².